The molecule has 0 bridgehead atoms. The van der Waals surface area contributed by atoms with Crippen LogP contribution in [0.2, 0.25) is 0 Å². The third-order valence-electron chi connectivity index (χ3n) is 2.64. The van der Waals surface area contributed by atoms with Gasteiger partial charge in [0.1, 0.15) is 6.33 Å². The Balaban J connectivity index is 2.33. The van der Waals surface area contributed by atoms with Crippen molar-refractivity contribution in [1.29, 1.82) is 0 Å². The molecule has 1 aromatic heterocycles. The Morgan fingerprint density at radius 3 is 2.47 bits per heavy atom. The van der Waals surface area contributed by atoms with E-state index in [1.807, 2.05) is 15.9 Å². The molecule has 0 spiro atoms. The molecule has 0 unspecified atom stereocenters. The van der Waals surface area contributed by atoms with E-state index in [0.29, 0.717) is 0 Å². The second-order valence-electron chi connectivity index (χ2n) is 4.03. The first-order valence-electron chi connectivity index (χ1n) is 5.85. The summed E-state index contributed by atoms with van der Waals surface area (Å²) in [5.74, 6) is 0. The van der Waals surface area contributed by atoms with Gasteiger partial charge in [0.05, 0.1) is 10.6 Å². The zero-order valence-electron chi connectivity index (χ0n) is 10.5. The van der Waals surface area contributed by atoms with Crippen molar-refractivity contribution in [2.45, 2.75) is 18.2 Å². The molecule has 6 nitrogen and oxygen atoms in total. The molecule has 0 saturated carbocycles. The standard InChI is InChI=1S/C12H15N3O3S/c1-2-8-15(14-9-7-13-10-14)11-3-5-12(6-4-11)19(16,17)18/h3-7,9-10H,2,8H2,1H3,(H,16,17,18). The normalized spacial score (nSPS) is 11.5. The maximum absolute atomic E-state index is 11.0. The largest absolute Gasteiger partial charge is 0.294 e. The molecule has 19 heavy (non-hydrogen) atoms. The summed E-state index contributed by atoms with van der Waals surface area (Å²) in [4.78, 5) is 3.88. The van der Waals surface area contributed by atoms with Gasteiger partial charge in [0.2, 0.25) is 0 Å². The van der Waals surface area contributed by atoms with E-state index in [2.05, 4.69) is 11.9 Å². The van der Waals surface area contributed by atoms with Gasteiger partial charge in [-0.2, -0.15) is 8.42 Å². The van der Waals surface area contributed by atoms with Gasteiger partial charge >= 0.3 is 0 Å². The van der Waals surface area contributed by atoms with E-state index >= 15 is 0 Å². The molecule has 2 aromatic rings. The van der Waals surface area contributed by atoms with Crippen molar-refractivity contribution >= 4 is 15.8 Å². The summed E-state index contributed by atoms with van der Waals surface area (Å²) >= 11 is 0. The van der Waals surface area contributed by atoms with Crippen LogP contribution in [0, 0.1) is 0 Å². The van der Waals surface area contributed by atoms with E-state index in [1.165, 1.54) is 12.1 Å². The minimum atomic E-state index is -4.15. The molecule has 0 radical (unpaired) electrons. The van der Waals surface area contributed by atoms with Crippen molar-refractivity contribution in [2.24, 2.45) is 0 Å². The van der Waals surface area contributed by atoms with Crippen LogP contribution in [0.4, 0.5) is 5.69 Å². The van der Waals surface area contributed by atoms with Gasteiger partial charge in [-0.25, -0.2) is 9.66 Å². The van der Waals surface area contributed by atoms with E-state index in [-0.39, 0.29) is 4.90 Å². The average molecular weight is 281 g/mol. The summed E-state index contributed by atoms with van der Waals surface area (Å²) in [5.41, 5.74) is 0.826. The Morgan fingerprint density at radius 1 is 1.32 bits per heavy atom. The summed E-state index contributed by atoms with van der Waals surface area (Å²) in [6.07, 6.45) is 6.09. The predicted octanol–water partition coefficient (Wildman–Crippen LogP) is 1.81. The smallest absolute Gasteiger partial charge is 0.282 e. The van der Waals surface area contributed by atoms with Gasteiger partial charge in [0.25, 0.3) is 10.1 Å². The quantitative estimate of drug-likeness (QED) is 0.846. The first kappa shape index (κ1) is 13.6. The van der Waals surface area contributed by atoms with Gasteiger partial charge in [-0.05, 0) is 30.7 Å². The lowest BCUT2D eigenvalue weighted by Crippen LogP contribution is -2.29. The fourth-order valence-corrected chi connectivity index (χ4v) is 2.25. The Labute approximate surface area is 112 Å². The van der Waals surface area contributed by atoms with Crippen molar-refractivity contribution in [2.75, 3.05) is 11.6 Å². The average Bonchev–Trinajstić information content (AvgIpc) is 2.89. The Bertz CT molecular complexity index is 621. The number of imidazole rings is 1. The summed E-state index contributed by atoms with van der Waals surface area (Å²) in [5, 5.41) is 1.96. The first-order valence-corrected chi connectivity index (χ1v) is 7.29. The van der Waals surface area contributed by atoms with Gasteiger partial charge in [-0.15, -0.1) is 0 Å². The third kappa shape index (κ3) is 3.12. The van der Waals surface area contributed by atoms with Crippen LogP contribution in [0.3, 0.4) is 0 Å². The van der Waals surface area contributed by atoms with E-state index < -0.39 is 10.1 Å². The molecule has 1 heterocycles. The lowest BCUT2D eigenvalue weighted by molar-refractivity contribution is 0.483. The molecule has 0 aliphatic rings. The number of aromatic nitrogens is 2. The van der Waals surface area contributed by atoms with Crippen molar-refractivity contribution in [1.82, 2.24) is 9.66 Å². The van der Waals surface area contributed by atoms with Crippen LogP contribution in [0.5, 0.6) is 0 Å². The van der Waals surface area contributed by atoms with Crippen molar-refractivity contribution in [3.8, 4) is 0 Å². The van der Waals surface area contributed by atoms with Crippen molar-refractivity contribution in [3.63, 3.8) is 0 Å². The first-order chi connectivity index (χ1) is 9.02. The van der Waals surface area contributed by atoms with E-state index in [4.69, 9.17) is 4.55 Å². The number of rotatable bonds is 5. The Morgan fingerprint density at radius 2 is 2.00 bits per heavy atom. The summed E-state index contributed by atoms with van der Waals surface area (Å²) in [6.45, 7) is 2.82. The molecule has 0 fully saturated rings. The Hall–Kier alpha value is -1.86. The predicted molar refractivity (Wildman–Crippen MR) is 71.5 cm³/mol. The lowest BCUT2D eigenvalue weighted by Gasteiger charge is -2.25. The van der Waals surface area contributed by atoms with Gasteiger partial charge in [0.15, 0.2) is 0 Å². The lowest BCUT2D eigenvalue weighted by atomic mass is 10.3. The highest BCUT2D eigenvalue weighted by Gasteiger charge is 2.11. The number of benzene rings is 1. The monoisotopic (exact) mass is 281 g/mol. The highest BCUT2D eigenvalue weighted by molar-refractivity contribution is 7.85. The van der Waals surface area contributed by atoms with Crippen LogP contribution in [0.1, 0.15) is 13.3 Å². The molecule has 2 rings (SSSR count). The molecule has 0 saturated heterocycles. The minimum Gasteiger partial charge on any atom is -0.282 e. The molecule has 7 heteroatoms. The van der Waals surface area contributed by atoms with Crippen LogP contribution in [0.15, 0.2) is 47.9 Å². The second kappa shape index (κ2) is 5.41. The summed E-state index contributed by atoms with van der Waals surface area (Å²) < 4.78 is 32.8. The minimum absolute atomic E-state index is 0.113. The molecular formula is C12H15N3O3S. The van der Waals surface area contributed by atoms with Gasteiger partial charge < -0.3 is 0 Å². The maximum atomic E-state index is 11.0. The number of hydrogen-bond acceptors (Lipinski definition) is 4. The van der Waals surface area contributed by atoms with Crippen LogP contribution >= 0.6 is 0 Å². The van der Waals surface area contributed by atoms with Crippen LogP contribution in [-0.2, 0) is 10.1 Å². The zero-order chi connectivity index (χ0) is 13.9. The van der Waals surface area contributed by atoms with Crippen LogP contribution in [-0.4, -0.2) is 29.2 Å². The topological polar surface area (TPSA) is 75.4 Å². The third-order valence-corrected chi connectivity index (χ3v) is 3.51. The molecular weight excluding hydrogens is 266 g/mol. The fourth-order valence-electron chi connectivity index (χ4n) is 1.77. The molecule has 0 aliphatic heterocycles. The van der Waals surface area contributed by atoms with Gasteiger partial charge in [-0.3, -0.25) is 9.56 Å². The van der Waals surface area contributed by atoms with Gasteiger partial charge in [0, 0.05) is 18.9 Å². The SMILES string of the molecule is CCCN(c1ccc(S(=O)(=O)O)cc1)n1ccnc1. The fraction of sp³-hybridized carbons (Fsp3) is 0.250. The molecule has 0 aliphatic carbocycles. The molecule has 1 N–H and O–H groups in total. The summed E-state index contributed by atoms with van der Waals surface area (Å²) in [7, 11) is -4.15. The van der Waals surface area contributed by atoms with E-state index in [1.54, 1.807) is 24.7 Å². The van der Waals surface area contributed by atoms with Crippen LogP contribution < -0.4 is 5.01 Å². The van der Waals surface area contributed by atoms with E-state index in [0.717, 1.165) is 18.7 Å². The van der Waals surface area contributed by atoms with E-state index in [9.17, 15) is 8.42 Å². The highest BCUT2D eigenvalue weighted by Crippen LogP contribution is 2.18. The molecule has 0 amide bonds. The Kier molecular flexibility index (Phi) is 3.87. The van der Waals surface area contributed by atoms with Crippen molar-refractivity contribution in [3.05, 3.63) is 43.0 Å². The zero-order valence-corrected chi connectivity index (χ0v) is 11.3. The maximum Gasteiger partial charge on any atom is 0.294 e. The summed E-state index contributed by atoms with van der Waals surface area (Å²) in [6, 6.07) is 6.06. The molecule has 1 aromatic carbocycles. The molecule has 0 atom stereocenters. The van der Waals surface area contributed by atoms with Crippen molar-refractivity contribution < 1.29 is 13.0 Å². The number of nitrogens with zero attached hydrogens (tertiary/aromatic N) is 3. The number of anilines is 1. The number of hydrogen-bond donors (Lipinski definition) is 1. The second-order valence-corrected chi connectivity index (χ2v) is 5.46. The molecule has 102 valence electrons. The van der Waals surface area contributed by atoms with Gasteiger partial charge in [-0.1, -0.05) is 6.92 Å². The van der Waals surface area contributed by atoms with Crippen LogP contribution in [0.25, 0.3) is 0 Å². The highest BCUT2D eigenvalue weighted by atomic mass is 32.2.